The van der Waals surface area contributed by atoms with Gasteiger partial charge in [0.15, 0.2) is 0 Å². The number of carbonyl (C=O) groups is 2. The smallest absolute Gasteiger partial charge is 0.233 e. The third kappa shape index (κ3) is 3.18. The van der Waals surface area contributed by atoms with Gasteiger partial charge in [-0.1, -0.05) is 36.4 Å². The summed E-state index contributed by atoms with van der Waals surface area (Å²) in [6, 6.07) is 22.1. The molecule has 1 aliphatic rings. The Morgan fingerprint density at radius 3 is 1.59 bits per heavy atom. The second-order valence-corrected chi connectivity index (χ2v) is 5.95. The Labute approximate surface area is 155 Å². The Kier molecular flexibility index (Phi) is 4.18. The number of allylic oxidation sites excluding steroid dienone is 2. The number of hydrogen-bond acceptors (Lipinski definition) is 5. The summed E-state index contributed by atoms with van der Waals surface area (Å²) in [5.41, 5.74) is 6.62. The zero-order valence-corrected chi connectivity index (χ0v) is 14.2. The van der Waals surface area contributed by atoms with E-state index in [2.05, 4.69) is 0 Å². The van der Waals surface area contributed by atoms with Crippen molar-refractivity contribution in [3.8, 4) is 11.5 Å². The van der Waals surface area contributed by atoms with Crippen molar-refractivity contribution >= 4 is 17.3 Å². The maximum Gasteiger partial charge on any atom is 0.233 e. The van der Waals surface area contributed by atoms with Crippen LogP contribution in [0.2, 0.25) is 0 Å². The van der Waals surface area contributed by atoms with Crippen LogP contribution in [-0.2, 0) is 0 Å². The zero-order valence-electron chi connectivity index (χ0n) is 14.2. The number of hydrogen-bond donors (Lipinski definition) is 1. The molecular weight excluding hydrogens is 342 g/mol. The summed E-state index contributed by atoms with van der Waals surface area (Å²) in [4.78, 5) is 26.1. The van der Waals surface area contributed by atoms with E-state index in [0.29, 0.717) is 17.2 Å². The molecule has 0 aliphatic heterocycles. The van der Waals surface area contributed by atoms with Gasteiger partial charge in [0.2, 0.25) is 23.1 Å². The first kappa shape index (κ1) is 16.6. The highest BCUT2D eigenvalue weighted by atomic mass is 16.5. The van der Waals surface area contributed by atoms with Crippen LogP contribution in [0, 0.1) is 0 Å². The van der Waals surface area contributed by atoms with Crippen molar-refractivity contribution in [2.45, 2.75) is 0 Å². The lowest BCUT2D eigenvalue weighted by Gasteiger charge is -2.21. The summed E-state index contributed by atoms with van der Waals surface area (Å²) in [6.45, 7) is 0. The van der Waals surface area contributed by atoms with Gasteiger partial charge in [-0.05, 0) is 42.5 Å². The van der Waals surface area contributed by atoms with Crippen molar-refractivity contribution in [1.29, 1.82) is 0 Å². The van der Waals surface area contributed by atoms with Gasteiger partial charge in [0, 0.05) is 16.8 Å². The van der Waals surface area contributed by atoms with Gasteiger partial charge in [-0.15, -0.1) is 0 Å². The van der Waals surface area contributed by atoms with Crippen LogP contribution in [0.4, 0.5) is 5.69 Å². The number of nitrogen functional groups attached to an aromatic ring is 1. The Hall–Kier alpha value is -3.86. The Morgan fingerprint density at radius 2 is 1.07 bits per heavy atom. The van der Waals surface area contributed by atoms with E-state index < -0.39 is 11.6 Å². The summed E-state index contributed by atoms with van der Waals surface area (Å²) < 4.78 is 11.5. The summed E-state index contributed by atoms with van der Waals surface area (Å²) in [5, 5.41) is 0. The highest BCUT2D eigenvalue weighted by Crippen LogP contribution is 2.31. The summed E-state index contributed by atoms with van der Waals surface area (Å²) in [5.74, 6) is -0.330. The molecule has 5 heteroatoms. The first-order valence-corrected chi connectivity index (χ1v) is 8.32. The first-order valence-electron chi connectivity index (χ1n) is 8.32. The zero-order chi connectivity index (χ0) is 18.8. The van der Waals surface area contributed by atoms with Gasteiger partial charge in [-0.25, -0.2) is 0 Å². The molecule has 4 rings (SSSR count). The molecule has 0 heterocycles. The number of nitrogens with two attached hydrogens (primary N) is 1. The van der Waals surface area contributed by atoms with Gasteiger partial charge in [0.05, 0.1) is 0 Å². The molecule has 0 fully saturated rings. The molecule has 132 valence electrons. The molecule has 2 N–H and O–H groups in total. The Bertz CT molecular complexity index is 1060. The summed E-state index contributed by atoms with van der Waals surface area (Å²) in [7, 11) is 0. The van der Waals surface area contributed by atoms with Gasteiger partial charge in [0.1, 0.15) is 11.5 Å². The molecule has 0 unspecified atom stereocenters. The molecule has 0 amide bonds. The number of benzene rings is 3. The fourth-order valence-corrected chi connectivity index (χ4v) is 2.80. The molecule has 1 aliphatic carbocycles. The second kappa shape index (κ2) is 6.80. The molecule has 0 bridgehead atoms. The number of ketones is 2. The van der Waals surface area contributed by atoms with Crippen molar-refractivity contribution in [2.24, 2.45) is 0 Å². The van der Waals surface area contributed by atoms with Crippen molar-refractivity contribution in [3.05, 3.63) is 102 Å². The van der Waals surface area contributed by atoms with Gasteiger partial charge >= 0.3 is 0 Å². The first-order chi connectivity index (χ1) is 13.1. The SMILES string of the molecule is Nc1ccc2c(c1)C(=O)C(Oc1ccccc1)=C(Oc1ccccc1)C2=O. The fraction of sp³-hybridized carbons (Fsp3) is 0. The maximum absolute atomic E-state index is 13.0. The van der Waals surface area contributed by atoms with Gasteiger partial charge < -0.3 is 15.2 Å². The highest BCUT2D eigenvalue weighted by molar-refractivity contribution is 6.25. The van der Waals surface area contributed by atoms with Gasteiger partial charge in [-0.2, -0.15) is 0 Å². The van der Waals surface area contributed by atoms with Crippen LogP contribution in [-0.4, -0.2) is 11.6 Å². The number of carbonyl (C=O) groups excluding carboxylic acids is 2. The van der Waals surface area contributed by atoms with Crippen LogP contribution in [0.3, 0.4) is 0 Å². The van der Waals surface area contributed by atoms with E-state index in [9.17, 15) is 9.59 Å². The quantitative estimate of drug-likeness (QED) is 0.714. The van der Waals surface area contributed by atoms with Crippen LogP contribution < -0.4 is 15.2 Å². The lowest BCUT2D eigenvalue weighted by atomic mass is 9.91. The van der Waals surface area contributed by atoms with E-state index in [0.717, 1.165) is 0 Å². The predicted molar refractivity (Wildman–Crippen MR) is 101 cm³/mol. The van der Waals surface area contributed by atoms with E-state index >= 15 is 0 Å². The average molecular weight is 357 g/mol. The standard InChI is InChI=1S/C22H15NO4/c23-14-11-12-17-18(13-14)20(25)22(27-16-9-5-2-6-10-16)21(19(17)24)26-15-7-3-1-4-8-15/h1-13H,23H2. The normalized spacial score (nSPS) is 13.3. The number of Topliss-reactive ketones (excluding diaryl/α,β-unsaturated/α-hetero) is 2. The molecule has 5 nitrogen and oxygen atoms in total. The van der Waals surface area contributed by atoms with Gasteiger partial charge in [0.25, 0.3) is 0 Å². The third-order valence-electron chi connectivity index (χ3n) is 4.08. The number of rotatable bonds is 4. The van der Waals surface area contributed by atoms with Crippen molar-refractivity contribution in [1.82, 2.24) is 0 Å². The Balaban J connectivity index is 1.84. The minimum atomic E-state index is -0.452. The molecule has 3 aromatic carbocycles. The molecule has 0 saturated carbocycles. The number of para-hydroxylation sites is 2. The van der Waals surface area contributed by atoms with Crippen LogP contribution in [0.15, 0.2) is 90.4 Å². The van der Waals surface area contributed by atoms with Crippen molar-refractivity contribution in [3.63, 3.8) is 0 Å². The van der Waals surface area contributed by atoms with E-state index in [1.165, 1.54) is 12.1 Å². The van der Waals surface area contributed by atoms with Gasteiger partial charge in [-0.3, -0.25) is 9.59 Å². The summed E-state index contributed by atoms with van der Waals surface area (Å²) >= 11 is 0. The van der Waals surface area contributed by atoms with Crippen LogP contribution >= 0.6 is 0 Å². The van der Waals surface area contributed by atoms with E-state index in [4.69, 9.17) is 15.2 Å². The minimum Gasteiger partial charge on any atom is -0.449 e. The van der Waals surface area contributed by atoms with Crippen LogP contribution in [0.5, 0.6) is 11.5 Å². The molecule has 0 radical (unpaired) electrons. The largest absolute Gasteiger partial charge is 0.449 e. The second-order valence-electron chi connectivity index (χ2n) is 5.95. The topological polar surface area (TPSA) is 78.6 Å². The Morgan fingerprint density at radius 1 is 0.593 bits per heavy atom. The van der Waals surface area contributed by atoms with E-state index in [-0.39, 0.29) is 22.6 Å². The molecule has 0 saturated heterocycles. The van der Waals surface area contributed by atoms with E-state index in [1.54, 1.807) is 54.6 Å². The average Bonchev–Trinajstić information content (AvgIpc) is 2.70. The molecular formula is C22H15NO4. The van der Waals surface area contributed by atoms with Crippen LogP contribution in [0.25, 0.3) is 0 Å². The molecule has 27 heavy (non-hydrogen) atoms. The summed E-state index contributed by atoms with van der Waals surface area (Å²) in [6.07, 6.45) is 0. The molecule has 0 spiro atoms. The lowest BCUT2D eigenvalue weighted by molar-refractivity contribution is 0.0897. The number of ether oxygens (including phenoxy) is 2. The minimum absolute atomic E-state index is 0.146. The highest BCUT2D eigenvalue weighted by Gasteiger charge is 2.36. The molecule has 0 atom stereocenters. The predicted octanol–water partition coefficient (Wildman–Crippen LogP) is 4.02. The lowest BCUT2D eigenvalue weighted by Crippen LogP contribution is -2.28. The molecule has 0 aromatic heterocycles. The van der Waals surface area contributed by atoms with Crippen LogP contribution in [0.1, 0.15) is 20.7 Å². The number of anilines is 1. The monoisotopic (exact) mass is 357 g/mol. The van der Waals surface area contributed by atoms with E-state index in [1.807, 2.05) is 12.1 Å². The maximum atomic E-state index is 13.0. The molecule has 3 aromatic rings. The fourth-order valence-electron chi connectivity index (χ4n) is 2.80. The van der Waals surface area contributed by atoms with Crippen molar-refractivity contribution in [2.75, 3.05) is 5.73 Å². The third-order valence-corrected chi connectivity index (χ3v) is 4.08. The number of fused-ring (bicyclic) bond motifs is 1. The van der Waals surface area contributed by atoms with Crippen molar-refractivity contribution < 1.29 is 19.1 Å².